The van der Waals surface area contributed by atoms with E-state index in [1.807, 2.05) is 30.3 Å². The molecule has 2 aliphatic rings. The lowest BCUT2D eigenvalue weighted by Gasteiger charge is -2.26. The molecule has 0 aliphatic carbocycles. The highest BCUT2D eigenvalue weighted by Crippen LogP contribution is 2.37. The Morgan fingerprint density at radius 1 is 0.966 bits per heavy atom. The first-order chi connectivity index (χ1) is 14.3. The fourth-order valence-electron chi connectivity index (χ4n) is 4.67. The summed E-state index contributed by atoms with van der Waals surface area (Å²) in [6.45, 7) is 3.81. The van der Waals surface area contributed by atoms with Crippen LogP contribution in [0.3, 0.4) is 0 Å². The summed E-state index contributed by atoms with van der Waals surface area (Å²) in [5.74, 6) is 3.01. The van der Waals surface area contributed by atoms with Crippen LogP contribution in [0.25, 0.3) is 11.3 Å². The molecule has 0 saturated carbocycles. The van der Waals surface area contributed by atoms with E-state index in [9.17, 15) is 0 Å². The Kier molecular flexibility index (Phi) is 4.86. The Balaban J connectivity index is 1.25. The largest absolute Gasteiger partial charge is 0.490 e. The first-order valence-electron chi connectivity index (χ1n) is 10.1. The maximum absolute atomic E-state index is 6.02. The third-order valence-corrected chi connectivity index (χ3v) is 6.17. The Bertz CT molecular complexity index is 935. The van der Waals surface area contributed by atoms with Gasteiger partial charge in [-0.05, 0) is 37.2 Å². The molecule has 5 rings (SSSR count). The van der Waals surface area contributed by atoms with Crippen molar-refractivity contribution in [2.75, 3.05) is 38.2 Å². The number of anilines is 1. The van der Waals surface area contributed by atoms with E-state index in [4.69, 9.17) is 4.74 Å². The summed E-state index contributed by atoms with van der Waals surface area (Å²) in [6.07, 6.45) is 3.54. The standard InChI is InChI=1S/C23H25N5O/c1-27-13-18-14-28(15-20(18)22(27)16-29-19-8-5-11-24-12-19)23-10-9-21(25-26-23)17-6-3-2-4-7-17/h2-12,18,20,22H,13-16H2,1H3/t18-,20+,22-/m1/s1. The summed E-state index contributed by atoms with van der Waals surface area (Å²) >= 11 is 0. The van der Waals surface area contributed by atoms with Crippen molar-refractivity contribution in [1.29, 1.82) is 0 Å². The number of likely N-dealkylation sites (N-methyl/N-ethyl adjacent to an activating group) is 1. The first kappa shape index (κ1) is 18.1. The van der Waals surface area contributed by atoms with Crippen molar-refractivity contribution in [1.82, 2.24) is 20.1 Å². The lowest BCUT2D eigenvalue weighted by molar-refractivity contribution is 0.173. The maximum atomic E-state index is 6.02. The smallest absolute Gasteiger partial charge is 0.151 e. The molecule has 29 heavy (non-hydrogen) atoms. The van der Waals surface area contributed by atoms with Crippen molar-refractivity contribution in [2.45, 2.75) is 6.04 Å². The van der Waals surface area contributed by atoms with Crippen molar-refractivity contribution < 1.29 is 4.74 Å². The summed E-state index contributed by atoms with van der Waals surface area (Å²) < 4.78 is 6.02. The van der Waals surface area contributed by atoms with Gasteiger partial charge >= 0.3 is 0 Å². The second-order valence-electron chi connectivity index (χ2n) is 7.98. The van der Waals surface area contributed by atoms with Gasteiger partial charge in [-0.2, -0.15) is 0 Å². The van der Waals surface area contributed by atoms with Crippen molar-refractivity contribution >= 4 is 5.82 Å². The molecule has 3 aromatic rings. The number of benzene rings is 1. The van der Waals surface area contributed by atoms with Crippen LogP contribution in [0.15, 0.2) is 67.0 Å². The Morgan fingerprint density at radius 3 is 2.62 bits per heavy atom. The normalized spacial score (nSPS) is 23.9. The van der Waals surface area contributed by atoms with Gasteiger partial charge in [0.05, 0.1) is 11.9 Å². The maximum Gasteiger partial charge on any atom is 0.151 e. The SMILES string of the molecule is CN1C[C@@H]2CN(c3ccc(-c4ccccc4)nn3)C[C@@H]2[C@H]1COc1cccnc1. The van der Waals surface area contributed by atoms with E-state index in [2.05, 4.69) is 56.3 Å². The van der Waals surface area contributed by atoms with Gasteiger partial charge in [-0.15, -0.1) is 10.2 Å². The molecule has 2 aliphatic heterocycles. The van der Waals surface area contributed by atoms with E-state index in [0.717, 1.165) is 42.5 Å². The molecule has 0 N–H and O–H groups in total. The van der Waals surface area contributed by atoms with Crippen molar-refractivity contribution in [3.8, 4) is 17.0 Å². The number of fused-ring (bicyclic) bond motifs is 1. The molecule has 0 unspecified atom stereocenters. The molecule has 0 radical (unpaired) electrons. The molecular formula is C23H25N5O. The van der Waals surface area contributed by atoms with Gasteiger partial charge in [0.2, 0.25) is 0 Å². The van der Waals surface area contributed by atoms with Crippen molar-refractivity contribution in [2.24, 2.45) is 11.8 Å². The molecule has 3 atom stereocenters. The molecule has 1 aromatic carbocycles. The monoisotopic (exact) mass is 387 g/mol. The summed E-state index contributed by atoms with van der Waals surface area (Å²) in [5.41, 5.74) is 2.01. The third kappa shape index (κ3) is 3.68. The second-order valence-corrected chi connectivity index (χ2v) is 7.98. The van der Waals surface area contributed by atoms with Gasteiger partial charge in [0.25, 0.3) is 0 Å². The van der Waals surface area contributed by atoms with Crippen LogP contribution in [0.5, 0.6) is 5.75 Å². The minimum absolute atomic E-state index is 0.404. The number of nitrogens with zero attached hydrogens (tertiary/aromatic N) is 5. The minimum atomic E-state index is 0.404. The van der Waals surface area contributed by atoms with Crippen LogP contribution < -0.4 is 9.64 Å². The van der Waals surface area contributed by atoms with Crippen LogP contribution >= 0.6 is 0 Å². The molecule has 0 amide bonds. The zero-order valence-electron chi connectivity index (χ0n) is 16.6. The number of hydrogen-bond acceptors (Lipinski definition) is 6. The zero-order valence-corrected chi connectivity index (χ0v) is 16.6. The molecule has 0 spiro atoms. The van der Waals surface area contributed by atoms with Crippen LogP contribution in [0.4, 0.5) is 5.82 Å². The predicted molar refractivity (Wildman–Crippen MR) is 113 cm³/mol. The topological polar surface area (TPSA) is 54.4 Å². The number of ether oxygens (including phenoxy) is 1. The van der Waals surface area contributed by atoms with Gasteiger partial charge in [0.15, 0.2) is 5.82 Å². The van der Waals surface area contributed by atoms with Gasteiger partial charge in [-0.1, -0.05) is 30.3 Å². The molecule has 2 saturated heterocycles. The summed E-state index contributed by atoms with van der Waals surface area (Å²) in [7, 11) is 2.20. The Morgan fingerprint density at radius 2 is 1.86 bits per heavy atom. The number of pyridine rings is 1. The Labute approximate surface area is 171 Å². The van der Waals surface area contributed by atoms with Crippen LogP contribution in [-0.4, -0.2) is 59.4 Å². The number of likely N-dealkylation sites (tertiary alicyclic amines) is 1. The molecule has 4 heterocycles. The fourth-order valence-corrected chi connectivity index (χ4v) is 4.67. The van der Waals surface area contributed by atoms with Crippen LogP contribution in [-0.2, 0) is 0 Å². The van der Waals surface area contributed by atoms with Gasteiger partial charge in [0.1, 0.15) is 12.4 Å². The third-order valence-electron chi connectivity index (χ3n) is 6.17. The highest BCUT2D eigenvalue weighted by Gasteiger charge is 2.46. The van der Waals surface area contributed by atoms with Crippen LogP contribution in [0.2, 0.25) is 0 Å². The van der Waals surface area contributed by atoms with E-state index < -0.39 is 0 Å². The quantitative estimate of drug-likeness (QED) is 0.671. The van der Waals surface area contributed by atoms with E-state index in [-0.39, 0.29) is 0 Å². The second kappa shape index (κ2) is 7.79. The molecule has 2 fully saturated rings. The number of rotatable bonds is 5. The summed E-state index contributed by atoms with van der Waals surface area (Å²) in [4.78, 5) is 8.95. The van der Waals surface area contributed by atoms with E-state index >= 15 is 0 Å². The summed E-state index contributed by atoms with van der Waals surface area (Å²) in [6, 6.07) is 18.6. The van der Waals surface area contributed by atoms with E-state index in [1.165, 1.54) is 0 Å². The van der Waals surface area contributed by atoms with Gasteiger partial charge < -0.3 is 9.64 Å². The van der Waals surface area contributed by atoms with Crippen molar-refractivity contribution in [3.63, 3.8) is 0 Å². The van der Waals surface area contributed by atoms with Crippen LogP contribution in [0, 0.1) is 11.8 Å². The van der Waals surface area contributed by atoms with Gasteiger partial charge in [0, 0.05) is 43.4 Å². The number of hydrogen-bond donors (Lipinski definition) is 0. The molecule has 6 heteroatoms. The molecular weight excluding hydrogens is 362 g/mol. The minimum Gasteiger partial charge on any atom is -0.490 e. The highest BCUT2D eigenvalue weighted by atomic mass is 16.5. The predicted octanol–water partition coefficient (Wildman–Crippen LogP) is 2.98. The average molecular weight is 387 g/mol. The lowest BCUT2D eigenvalue weighted by Crippen LogP contribution is -2.38. The first-order valence-corrected chi connectivity index (χ1v) is 10.1. The summed E-state index contributed by atoms with van der Waals surface area (Å²) in [5, 5.41) is 8.99. The zero-order chi connectivity index (χ0) is 19.6. The molecule has 0 bridgehead atoms. The average Bonchev–Trinajstić information content (AvgIpc) is 3.31. The molecule has 2 aromatic heterocycles. The van der Waals surface area contributed by atoms with Crippen molar-refractivity contribution in [3.05, 3.63) is 67.0 Å². The number of aromatic nitrogens is 3. The molecule has 148 valence electrons. The van der Waals surface area contributed by atoms with Gasteiger partial charge in [-0.3, -0.25) is 9.88 Å². The highest BCUT2D eigenvalue weighted by molar-refractivity contribution is 5.59. The Hall–Kier alpha value is -2.99. The van der Waals surface area contributed by atoms with E-state index in [1.54, 1.807) is 12.4 Å². The molecule has 6 nitrogen and oxygen atoms in total. The van der Waals surface area contributed by atoms with Gasteiger partial charge in [-0.25, -0.2) is 0 Å². The lowest BCUT2D eigenvalue weighted by atomic mass is 9.95. The van der Waals surface area contributed by atoms with Crippen LogP contribution in [0.1, 0.15) is 0 Å². The fraction of sp³-hybridized carbons (Fsp3) is 0.348. The van der Waals surface area contributed by atoms with E-state index in [0.29, 0.717) is 24.5 Å².